The molecule has 12 nitrogen and oxygen atoms in total. The second-order valence-corrected chi connectivity index (χ2v) is 18.1. The summed E-state index contributed by atoms with van der Waals surface area (Å²) in [6.45, 7) is 3.80. The van der Waals surface area contributed by atoms with Crippen LogP contribution in [0.3, 0.4) is 0 Å². The van der Waals surface area contributed by atoms with E-state index in [1.165, 1.54) is 44.9 Å². The van der Waals surface area contributed by atoms with Crippen molar-refractivity contribution in [3.63, 3.8) is 0 Å². The van der Waals surface area contributed by atoms with E-state index in [2.05, 4.69) is 103 Å². The minimum atomic E-state index is -5.07. The van der Waals surface area contributed by atoms with Crippen molar-refractivity contribution in [2.45, 2.75) is 218 Å². The lowest BCUT2D eigenvalue weighted by Crippen LogP contribution is -2.60. The summed E-state index contributed by atoms with van der Waals surface area (Å²) < 4.78 is 59.2. The minimum absolute atomic E-state index is 0.0182. The molecule has 0 spiro atoms. The van der Waals surface area contributed by atoms with Crippen LogP contribution >= 0.6 is 0 Å². The van der Waals surface area contributed by atoms with E-state index in [0.29, 0.717) is 13.0 Å². The molecule has 1 aliphatic heterocycles. The zero-order chi connectivity index (χ0) is 48.2. The number of rotatable bonds is 43. The molecule has 380 valence electrons. The van der Waals surface area contributed by atoms with Crippen molar-refractivity contribution in [3.05, 3.63) is 85.1 Å². The maximum absolute atomic E-state index is 12.9. The SMILES string of the molecule is CC/C=C\C/C=C\C/C=C\C/C=C\CCCCCCCCC(=O)OC(COCCCCCCCCC/C=C\C/C=C\C/C=C\CCCCC)COC1OC(CO)C(O)C(OS(=O)(=O)O)C1O. The molecule has 1 heterocycles. The molecule has 1 aliphatic rings. The van der Waals surface area contributed by atoms with E-state index in [1.807, 2.05) is 0 Å². The number of hydrogen-bond donors (Lipinski definition) is 4. The summed E-state index contributed by atoms with van der Waals surface area (Å²) in [6.07, 6.45) is 48.9. The molecule has 0 amide bonds. The lowest BCUT2D eigenvalue weighted by atomic mass is 9.99. The van der Waals surface area contributed by atoms with Crippen LogP contribution in [-0.2, 0) is 38.3 Å². The van der Waals surface area contributed by atoms with Gasteiger partial charge in [0.05, 0.1) is 19.8 Å². The molecule has 1 fully saturated rings. The molecule has 0 saturated carbocycles. The number of carbonyl (C=O) groups is 1. The standard InChI is InChI=1S/C53H90O12S/c1-3-5-7-9-11-13-15-17-19-21-23-25-27-29-31-33-35-37-39-41-43-61-45-47(46-62-53-51(57)52(65-66(58,59)60)50(56)48(44-54)64-53)63-49(55)42-40-38-36-34-32-30-28-26-24-22-20-18-16-14-12-10-8-6-4-2/h6,8,11-14,17-20,23-26,47-48,50-54,56-57H,3-5,7,9-10,15-16,21-22,27-46H2,1-2H3,(H,58,59,60)/b8-6-,13-11-,14-12-,19-17-,20-18-,25-23-,26-24-. The number of unbranched alkanes of at least 4 members (excludes halogenated alkanes) is 16. The van der Waals surface area contributed by atoms with Crippen LogP contribution in [0.25, 0.3) is 0 Å². The molecule has 0 bridgehead atoms. The highest BCUT2D eigenvalue weighted by molar-refractivity contribution is 7.80. The minimum Gasteiger partial charge on any atom is -0.457 e. The fourth-order valence-electron chi connectivity index (χ4n) is 7.20. The molecule has 0 aromatic rings. The molecule has 0 aromatic carbocycles. The van der Waals surface area contributed by atoms with Crippen LogP contribution in [0.15, 0.2) is 85.1 Å². The second-order valence-electron chi connectivity index (χ2n) is 17.0. The molecule has 13 heteroatoms. The highest BCUT2D eigenvalue weighted by Gasteiger charge is 2.48. The van der Waals surface area contributed by atoms with Crippen molar-refractivity contribution in [2.24, 2.45) is 0 Å². The van der Waals surface area contributed by atoms with Crippen LogP contribution in [0.5, 0.6) is 0 Å². The predicted octanol–water partition coefficient (Wildman–Crippen LogP) is 11.6. The zero-order valence-electron chi connectivity index (χ0n) is 40.7. The second kappa shape index (κ2) is 43.6. The zero-order valence-corrected chi connectivity index (χ0v) is 41.5. The van der Waals surface area contributed by atoms with Gasteiger partial charge in [-0.25, -0.2) is 4.18 Å². The Balaban J connectivity index is 2.40. The van der Waals surface area contributed by atoms with E-state index in [-0.39, 0.29) is 19.6 Å². The van der Waals surface area contributed by atoms with Crippen molar-refractivity contribution >= 4 is 16.4 Å². The number of allylic oxidation sites excluding steroid dienone is 14. The smallest absolute Gasteiger partial charge is 0.397 e. The molecule has 0 radical (unpaired) electrons. The summed E-state index contributed by atoms with van der Waals surface area (Å²) in [5.74, 6) is -0.420. The molecule has 1 rings (SSSR count). The summed E-state index contributed by atoms with van der Waals surface area (Å²) in [6, 6.07) is 0. The molecule has 6 unspecified atom stereocenters. The lowest BCUT2D eigenvalue weighted by molar-refractivity contribution is -0.301. The first-order chi connectivity index (χ1) is 32.1. The van der Waals surface area contributed by atoms with Gasteiger partial charge in [0.1, 0.15) is 30.5 Å². The summed E-state index contributed by atoms with van der Waals surface area (Å²) in [7, 11) is -5.07. The topological polar surface area (TPSA) is 178 Å². The van der Waals surface area contributed by atoms with Crippen LogP contribution in [0.4, 0.5) is 0 Å². The number of hydrogen-bond acceptors (Lipinski definition) is 11. The summed E-state index contributed by atoms with van der Waals surface area (Å²) in [5.41, 5.74) is 0. The molecule has 6 atom stereocenters. The largest absolute Gasteiger partial charge is 0.457 e. The van der Waals surface area contributed by atoms with Crippen LogP contribution in [0.1, 0.15) is 181 Å². The summed E-state index contributed by atoms with van der Waals surface area (Å²) >= 11 is 0. The fourth-order valence-corrected chi connectivity index (χ4v) is 7.71. The highest BCUT2D eigenvalue weighted by atomic mass is 32.3. The number of ether oxygens (including phenoxy) is 4. The third-order valence-corrected chi connectivity index (χ3v) is 11.5. The molecule has 1 saturated heterocycles. The maximum Gasteiger partial charge on any atom is 0.397 e. The van der Waals surface area contributed by atoms with Gasteiger partial charge in [-0.2, -0.15) is 8.42 Å². The van der Waals surface area contributed by atoms with Gasteiger partial charge in [0.25, 0.3) is 0 Å². The third kappa shape index (κ3) is 36.3. The van der Waals surface area contributed by atoms with Crippen molar-refractivity contribution in [2.75, 3.05) is 26.4 Å². The van der Waals surface area contributed by atoms with Gasteiger partial charge in [0, 0.05) is 13.0 Å². The van der Waals surface area contributed by atoms with Crippen LogP contribution in [-0.4, -0.2) is 97.5 Å². The van der Waals surface area contributed by atoms with E-state index in [0.717, 1.165) is 109 Å². The van der Waals surface area contributed by atoms with E-state index < -0.39 is 59.8 Å². The van der Waals surface area contributed by atoms with Crippen molar-refractivity contribution in [1.82, 2.24) is 0 Å². The van der Waals surface area contributed by atoms with Crippen LogP contribution in [0, 0.1) is 0 Å². The Labute approximate surface area is 400 Å². The maximum atomic E-state index is 12.9. The first kappa shape index (κ1) is 61.3. The number of aliphatic hydroxyl groups excluding tert-OH is 3. The Bertz CT molecular complexity index is 1470. The average Bonchev–Trinajstić information content (AvgIpc) is 3.29. The normalized spacial score (nSPS) is 20.2. The number of esters is 1. The Morgan fingerprint density at radius 1 is 0.591 bits per heavy atom. The van der Waals surface area contributed by atoms with E-state index >= 15 is 0 Å². The van der Waals surface area contributed by atoms with Gasteiger partial charge < -0.3 is 34.3 Å². The van der Waals surface area contributed by atoms with Gasteiger partial charge in [-0.3, -0.25) is 9.35 Å². The summed E-state index contributed by atoms with van der Waals surface area (Å²) in [5, 5.41) is 30.8. The van der Waals surface area contributed by atoms with Gasteiger partial charge in [-0.1, -0.05) is 170 Å². The predicted molar refractivity (Wildman–Crippen MR) is 266 cm³/mol. The van der Waals surface area contributed by atoms with E-state index in [1.54, 1.807) is 0 Å². The van der Waals surface area contributed by atoms with Crippen molar-refractivity contribution in [1.29, 1.82) is 0 Å². The van der Waals surface area contributed by atoms with Crippen LogP contribution in [0.2, 0.25) is 0 Å². The van der Waals surface area contributed by atoms with Gasteiger partial charge in [0.15, 0.2) is 6.29 Å². The molecular weight excluding hydrogens is 861 g/mol. The Morgan fingerprint density at radius 3 is 1.53 bits per heavy atom. The number of aliphatic hydroxyl groups is 3. The molecular formula is C53H90O12S. The molecule has 0 aromatic heterocycles. The van der Waals surface area contributed by atoms with Gasteiger partial charge in [-0.15, -0.1) is 0 Å². The van der Waals surface area contributed by atoms with E-state index in [9.17, 15) is 33.1 Å². The van der Waals surface area contributed by atoms with Crippen molar-refractivity contribution < 1.29 is 56.2 Å². The van der Waals surface area contributed by atoms with Gasteiger partial charge in [0.2, 0.25) is 0 Å². The quantitative estimate of drug-likeness (QED) is 0.0197. The van der Waals surface area contributed by atoms with Crippen molar-refractivity contribution in [3.8, 4) is 0 Å². The number of carbonyl (C=O) groups excluding carboxylic acids is 1. The fraction of sp³-hybridized carbons (Fsp3) is 0.717. The lowest BCUT2D eigenvalue weighted by Gasteiger charge is -2.41. The molecule has 0 aliphatic carbocycles. The Hall–Kier alpha value is -2.72. The van der Waals surface area contributed by atoms with Gasteiger partial charge >= 0.3 is 16.4 Å². The summed E-state index contributed by atoms with van der Waals surface area (Å²) in [4.78, 5) is 12.9. The molecule has 66 heavy (non-hydrogen) atoms. The highest BCUT2D eigenvalue weighted by Crippen LogP contribution is 2.26. The first-order valence-corrected chi connectivity index (χ1v) is 26.7. The van der Waals surface area contributed by atoms with E-state index in [4.69, 9.17) is 18.9 Å². The Kier molecular flexibility index (Phi) is 40.4. The van der Waals surface area contributed by atoms with Crippen LogP contribution < -0.4 is 0 Å². The van der Waals surface area contributed by atoms with Gasteiger partial charge in [-0.05, 0) is 89.9 Å². The molecule has 4 N–H and O–H groups in total. The average molecular weight is 951 g/mol. The first-order valence-electron chi connectivity index (χ1n) is 25.3. The Morgan fingerprint density at radius 2 is 1.05 bits per heavy atom. The third-order valence-electron chi connectivity index (χ3n) is 11.0. The monoisotopic (exact) mass is 951 g/mol.